The summed E-state index contributed by atoms with van der Waals surface area (Å²) in [6.07, 6.45) is 0. The number of hydrogen-bond donors (Lipinski definition) is 1. The molecule has 1 unspecified atom stereocenters. The molecule has 1 fully saturated rings. The third-order valence-electron chi connectivity index (χ3n) is 3.47. The Morgan fingerprint density at radius 2 is 2.12 bits per heavy atom. The molecular weight excluding hydrogens is 344 g/mol. The average molecular weight is 366 g/mol. The predicted molar refractivity (Wildman–Crippen MR) is 94.2 cm³/mol. The Kier molecular flexibility index (Phi) is 7.12. The number of carbonyl (C=O) groups excluding carboxylic acids is 3. The smallest absolute Gasteiger partial charge is 0.325 e. The van der Waals surface area contributed by atoms with Crippen LogP contribution in [-0.4, -0.2) is 54.7 Å². The second-order valence-corrected chi connectivity index (χ2v) is 6.34. The van der Waals surface area contributed by atoms with Crippen molar-refractivity contribution in [3.8, 4) is 5.75 Å². The van der Waals surface area contributed by atoms with Gasteiger partial charge in [0.15, 0.2) is 0 Å². The lowest BCUT2D eigenvalue weighted by molar-refractivity contribution is -0.143. The van der Waals surface area contributed by atoms with Gasteiger partial charge in [-0.3, -0.25) is 14.4 Å². The quantitative estimate of drug-likeness (QED) is 0.699. The second kappa shape index (κ2) is 9.31. The third kappa shape index (κ3) is 5.38. The van der Waals surface area contributed by atoms with Gasteiger partial charge in [0, 0.05) is 0 Å². The van der Waals surface area contributed by atoms with Crippen LogP contribution >= 0.6 is 11.8 Å². The number of rotatable bonds is 8. The minimum absolute atomic E-state index is 0.102. The van der Waals surface area contributed by atoms with Crippen LogP contribution in [0, 0.1) is 0 Å². The van der Waals surface area contributed by atoms with E-state index in [1.54, 1.807) is 6.92 Å². The van der Waals surface area contributed by atoms with Crippen molar-refractivity contribution in [1.82, 2.24) is 10.2 Å². The molecule has 1 atom stereocenters. The summed E-state index contributed by atoms with van der Waals surface area (Å²) < 4.78 is 10.3. The molecule has 0 saturated carbocycles. The van der Waals surface area contributed by atoms with E-state index in [1.165, 1.54) is 16.7 Å². The Morgan fingerprint density at radius 3 is 2.84 bits per heavy atom. The Hall–Kier alpha value is -2.22. The van der Waals surface area contributed by atoms with E-state index in [9.17, 15) is 14.4 Å². The van der Waals surface area contributed by atoms with Gasteiger partial charge in [-0.25, -0.2) is 0 Å². The molecule has 1 heterocycles. The number of carbonyl (C=O) groups is 3. The fraction of sp³-hybridized carbons (Fsp3) is 0.471. The highest BCUT2D eigenvalue weighted by atomic mass is 32.2. The molecule has 0 spiro atoms. The summed E-state index contributed by atoms with van der Waals surface area (Å²) in [5.74, 6) is 0.0397. The number of esters is 1. The van der Waals surface area contributed by atoms with Crippen molar-refractivity contribution in [2.45, 2.75) is 19.2 Å². The van der Waals surface area contributed by atoms with Crippen molar-refractivity contribution < 1.29 is 23.9 Å². The minimum Gasteiger partial charge on any atom is -0.494 e. The van der Waals surface area contributed by atoms with E-state index in [-0.39, 0.29) is 31.0 Å². The van der Waals surface area contributed by atoms with Gasteiger partial charge in [0.05, 0.1) is 19.0 Å². The third-order valence-corrected chi connectivity index (χ3v) is 4.73. The molecule has 1 saturated heterocycles. The summed E-state index contributed by atoms with van der Waals surface area (Å²) in [5, 5.41) is 2.23. The molecule has 0 bridgehead atoms. The predicted octanol–water partition coefficient (Wildman–Crippen LogP) is 1.34. The molecule has 1 aromatic carbocycles. The van der Waals surface area contributed by atoms with Gasteiger partial charge in [-0.05, 0) is 31.5 Å². The summed E-state index contributed by atoms with van der Waals surface area (Å²) in [6, 6.07) is 7.50. The zero-order valence-electron chi connectivity index (χ0n) is 14.3. The van der Waals surface area contributed by atoms with Crippen molar-refractivity contribution in [2.75, 3.05) is 32.1 Å². The molecule has 0 aliphatic carbocycles. The molecule has 1 aliphatic heterocycles. The fourth-order valence-corrected chi connectivity index (χ4v) is 3.60. The first-order chi connectivity index (χ1) is 12.0. The van der Waals surface area contributed by atoms with Gasteiger partial charge in [0.2, 0.25) is 11.8 Å². The maximum absolute atomic E-state index is 12.1. The standard InChI is InChI=1S/C17H22N2O5S/c1-3-23-13-7-5-6-12(8-13)17-19(15(21)11-25-17)10-14(20)18-9-16(22)24-4-2/h5-8,17H,3-4,9-11H2,1-2H3,(H,18,20). The van der Waals surface area contributed by atoms with E-state index < -0.39 is 11.9 Å². The van der Waals surface area contributed by atoms with Crippen molar-refractivity contribution in [3.63, 3.8) is 0 Å². The molecule has 1 N–H and O–H groups in total. The topological polar surface area (TPSA) is 84.9 Å². The molecule has 1 aromatic rings. The van der Waals surface area contributed by atoms with Crippen LogP contribution in [0.4, 0.5) is 0 Å². The van der Waals surface area contributed by atoms with Crippen molar-refractivity contribution in [1.29, 1.82) is 0 Å². The highest BCUT2D eigenvalue weighted by Crippen LogP contribution is 2.39. The molecule has 7 nitrogen and oxygen atoms in total. The van der Waals surface area contributed by atoms with Crippen LogP contribution in [0.2, 0.25) is 0 Å². The first-order valence-corrected chi connectivity index (χ1v) is 9.16. The summed E-state index contributed by atoms with van der Waals surface area (Å²) in [4.78, 5) is 37.0. The number of benzene rings is 1. The van der Waals surface area contributed by atoms with Gasteiger partial charge in [-0.1, -0.05) is 12.1 Å². The lowest BCUT2D eigenvalue weighted by atomic mass is 10.2. The van der Waals surface area contributed by atoms with Gasteiger partial charge in [-0.15, -0.1) is 11.8 Å². The van der Waals surface area contributed by atoms with Crippen molar-refractivity contribution in [2.24, 2.45) is 0 Å². The molecule has 2 amide bonds. The number of nitrogens with zero attached hydrogens (tertiary/aromatic N) is 1. The van der Waals surface area contributed by atoms with Crippen LogP contribution in [0.1, 0.15) is 24.8 Å². The Balaban J connectivity index is 2.00. The normalized spacial score (nSPS) is 16.6. The maximum atomic E-state index is 12.1. The summed E-state index contributed by atoms with van der Waals surface area (Å²) >= 11 is 1.46. The largest absolute Gasteiger partial charge is 0.494 e. The lowest BCUT2D eigenvalue weighted by Gasteiger charge is -2.24. The maximum Gasteiger partial charge on any atom is 0.325 e. The molecular formula is C17H22N2O5S. The van der Waals surface area contributed by atoms with Crippen LogP contribution in [0.3, 0.4) is 0 Å². The first-order valence-electron chi connectivity index (χ1n) is 8.11. The number of thioether (sulfide) groups is 1. The van der Waals surface area contributed by atoms with E-state index in [1.807, 2.05) is 31.2 Å². The van der Waals surface area contributed by atoms with Crippen molar-refractivity contribution >= 4 is 29.5 Å². The molecule has 0 aromatic heterocycles. The number of nitrogens with one attached hydrogen (secondary N) is 1. The van der Waals surface area contributed by atoms with E-state index in [0.717, 1.165) is 11.3 Å². The first kappa shape index (κ1) is 19.1. The Morgan fingerprint density at radius 1 is 1.32 bits per heavy atom. The van der Waals surface area contributed by atoms with Crippen molar-refractivity contribution in [3.05, 3.63) is 29.8 Å². The van der Waals surface area contributed by atoms with Crippen LogP contribution in [-0.2, 0) is 19.1 Å². The number of amides is 2. The molecule has 8 heteroatoms. The Labute approximate surface area is 151 Å². The van der Waals surface area contributed by atoms with E-state index in [2.05, 4.69) is 5.32 Å². The lowest BCUT2D eigenvalue weighted by Crippen LogP contribution is -2.41. The van der Waals surface area contributed by atoms with E-state index >= 15 is 0 Å². The highest BCUT2D eigenvalue weighted by Gasteiger charge is 2.34. The zero-order chi connectivity index (χ0) is 18.2. The number of hydrogen-bond acceptors (Lipinski definition) is 6. The number of ether oxygens (including phenoxy) is 2. The van der Waals surface area contributed by atoms with E-state index in [0.29, 0.717) is 12.4 Å². The molecule has 0 radical (unpaired) electrons. The summed E-state index contributed by atoms with van der Waals surface area (Å²) in [6.45, 7) is 4.11. The average Bonchev–Trinajstić information content (AvgIpc) is 2.95. The van der Waals surface area contributed by atoms with Gasteiger partial charge in [0.25, 0.3) is 0 Å². The van der Waals surface area contributed by atoms with Crippen LogP contribution < -0.4 is 10.1 Å². The Bertz CT molecular complexity index is 637. The SMILES string of the molecule is CCOC(=O)CNC(=O)CN1C(=O)CSC1c1cccc(OCC)c1. The summed E-state index contributed by atoms with van der Waals surface area (Å²) in [5.41, 5.74) is 0.903. The zero-order valence-corrected chi connectivity index (χ0v) is 15.1. The molecule has 2 rings (SSSR count). The monoisotopic (exact) mass is 366 g/mol. The van der Waals surface area contributed by atoms with Gasteiger partial charge in [0.1, 0.15) is 24.2 Å². The van der Waals surface area contributed by atoms with Crippen LogP contribution in [0.15, 0.2) is 24.3 Å². The van der Waals surface area contributed by atoms with E-state index in [4.69, 9.17) is 9.47 Å². The minimum atomic E-state index is -0.501. The van der Waals surface area contributed by atoms with Gasteiger partial charge < -0.3 is 19.7 Å². The van der Waals surface area contributed by atoms with Crippen LogP contribution in [0.25, 0.3) is 0 Å². The molecule has 1 aliphatic rings. The van der Waals surface area contributed by atoms with Crippen LogP contribution in [0.5, 0.6) is 5.75 Å². The van der Waals surface area contributed by atoms with Gasteiger partial charge >= 0.3 is 5.97 Å². The second-order valence-electron chi connectivity index (χ2n) is 5.27. The summed E-state index contributed by atoms with van der Waals surface area (Å²) in [7, 11) is 0. The molecule has 136 valence electrons. The van der Waals surface area contributed by atoms with Gasteiger partial charge in [-0.2, -0.15) is 0 Å². The fourth-order valence-electron chi connectivity index (χ4n) is 2.42. The highest BCUT2D eigenvalue weighted by molar-refractivity contribution is 8.00. The molecule has 25 heavy (non-hydrogen) atoms.